The van der Waals surface area contributed by atoms with E-state index in [9.17, 15) is 8.42 Å². The smallest absolute Gasteiger partial charge is 0.242 e. The van der Waals surface area contributed by atoms with Crippen LogP contribution in [0.2, 0.25) is 0 Å². The van der Waals surface area contributed by atoms with E-state index in [4.69, 9.17) is 0 Å². The van der Waals surface area contributed by atoms with Gasteiger partial charge in [-0.25, -0.2) is 18.1 Å². The van der Waals surface area contributed by atoms with E-state index in [2.05, 4.69) is 19.6 Å². The summed E-state index contributed by atoms with van der Waals surface area (Å²) >= 11 is 1.44. The van der Waals surface area contributed by atoms with Gasteiger partial charge in [0.05, 0.1) is 11.4 Å². The van der Waals surface area contributed by atoms with Crippen molar-refractivity contribution in [3.05, 3.63) is 34.5 Å². The Balaban J connectivity index is 1.79. The Morgan fingerprint density at radius 2 is 2.24 bits per heavy atom. The third-order valence-corrected chi connectivity index (χ3v) is 5.56. The highest BCUT2D eigenvalue weighted by molar-refractivity contribution is 7.89. The first-order valence-electron chi connectivity index (χ1n) is 6.83. The van der Waals surface area contributed by atoms with Gasteiger partial charge in [0.2, 0.25) is 10.0 Å². The maximum atomic E-state index is 12.4. The molecule has 2 heterocycles. The third kappa shape index (κ3) is 3.34. The first-order chi connectivity index (χ1) is 10.1. The molecule has 0 amide bonds. The maximum absolute atomic E-state index is 12.4. The minimum atomic E-state index is -3.49. The summed E-state index contributed by atoms with van der Waals surface area (Å²) in [6.07, 6.45) is 5.66. The lowest BCUT2D eigenvalue weighted by molar-refractivity contribution is 0.580. The SMILES string of the molecule is CNCc1cc(S(=O)(=O)NCc2nccs2)cn1C1CC1. The average Bonchev–Trinajstić information content (AvgIpc) is 3.00. The fourth-order valence-electron chi connectivity index (χ4n) is 2.24. The summed E-state index contributed by atoms with van der Waals surface area (Å²) in [5.74, 6) is 0. The normalized spacial score (nSPS) is 15.5. The summed E-state index contributed by atoms with van der Waals surface area (Å²) in [6.45, 7) is 0.897. The van der Waals surface area contributed by atoms with Gasteiger partial charge >= 0.3 is 0 Å². The van der Waals surface area contributed by atoms with Crippen LogP contribution in [0.15, 0.2) is 28.7 Å². The van der Waals surface area contributed by atoms with Crippen LogP contribution < -0.4 is 10.0 Å². The van der Waals surface area contributed by atoms with Crippen LogP contribution in [0.5, 0.6) is 0 Å². The Bertz CT molecular complexity index is 703. The summed E-state index contributed by atoms with van der Waals surface area (Å²) in [5, 5.41) is 5.67. The van der Waals surface area contributed by atoms with Crippen molar-refractivity contribution in [1.29, 1.82) is 0 Å². The van der Waals surface area contributed by atoms with Crippen LogP contribution in [0, 0.1) is 0 Å². The first kappa shape index (κ1) is 14.7. The van der Waals surface area contributed by atoms with Crippen molar-refractivity contribution in [3.8, 4) is 0 Å². The molecule has 0 radical (unpaired) electrons. The molecule has 8 heteroatoms. The number of nitrogens with one attached hydrogen (secondary N) is 2. The molecule has 0 aliphatic heterocycles. The molecule has 0 spiro atoms. The zero-order valence-electron chi connectivity index (χ0n) is 11.7. The van der Waals surface area contributed by atoms with Gasteiger partial charge in [-0.1, -0.05) is 0 Å². The Morgan fingerprint density at radius 1 is 1.43 bits per heavy atom. The Morgan fingerprint density at radius 3 is 2.86 bits per heavy atom. The van der Waals surface area contributed by atoms with Gasteiger partial charge in [-0.2, -0.15) is 0 Å². The number of hydrogen-bond acceptors (Lipinski definition) is 5. The number of aromatic nitrogens is 2. The van der Waals surface area contributed by atoms with Gasteiger partial charge in [0.1, 0.15) is 5.01 Å². The van der Waals surface area contributed by atoms with E-state index in [1.807, 2.05) is 12.4 Å². The first-order valence-corrected chi connectivity index (χ1v) is 9.20. The predicted octanol–water partition coefficient (Wildman–Crippen LogP) is 1.48. The minimum Gasteiger partial charge on any atom is -0.346 e. The summed E-state index contributed by atoms with van der Waals surface area (Å²) < 4.78 is 29.4. The summed E-state index contributed by atoms with van der Waals surface area (Å²) in [5.41, 5.74) is 1.01. The molecular weight excluding hydrogens is 308 g/mol. The molecule has 0 saturated heterocycles. The Labute approximate surface area is 128 Å². The molecule has 1 aliphatic carbocycles. The monoisotopic (exact) mass is 326 g/mol. The molecule has 0 atom stereocenters. The van der Waals surface area contributed by atoms with Crippen LogP contribution in [0.1, 0.15) is 29.6 Å². The van der Waals surface area contributed by atoms with Gasteiger partial charge in [0.15, 0.2) is 0 Å². The number of hydrogen-bond donors (Lipinski definition) is 2. The molecule has 2 aromatic rings. The fourth-order valence-corrected chi connectivity index (χ4v) is 3.92. The fraction of sp³-hybridized carbons (Fsp3) is 0.462. The third-order valence-electron chi connectivity index (χ3n) is 3.41. The molecule has 1 saturated carbocycles. The summed E-state index contributed by atoms with van der Waals surface area (Å²) in [7, 11) is -1.63. The van der Waals surface area contributed by atoms with Crippen molar-refractivity contribution in [3.63, 3.8) is 0 Å². The second-order valence-electron chi connectivity index (χ2n) is 5.09. The molecule has 1 aliphatic rings. The van der Waals surface area contributed by atoms with E-state index in [1.54, 1.807) is 18.5 Å². The quantitative estimate of drug-likeness (QED) is 0.808. The largest absolute Gasteiger partial charge is 0.346 e. The maximum Gasteiger partial charge on any atom is 0.242 e. The summed E-state index contributed by atoms with van der Waals surface area (Å²) in [6, 6.07) is 2.20. The zero-order valence-corrected chi connectivity index (χ0v) is 13.4. The van der Waals surface area contributed by atoms with E-state index >= 15 is 0 Å². The van der Waals surface area contributed by atoms with E-state index in [0.29, 0.717) is 17.5 Å². The van der Waals surface area contributed by atoms with E-state index in [-0.39, 0.29) is 6.54 Å². The lowest BCUT2D eigenvalue weighted by atomic mass is 10.4. The van der Waals surface area contributed by atoms with Crippen molar-refractivity contribution < 1.29 is 8.42 Å². The molecule has 2 aromatic heterocycles. The number of rotatable bonds is 7. The van der Waals surface area contributed by atoms with Crippen LogP contribution in [-0.4, -0.2) is 25.0 Å². The van der Waals surface area contributed by atoms with Crippen LogP contribution in [-0.2, 0) is 23.1 Å². The van der Waals surface area contributed by atoms with Gasteiger partial charge in [-0.3, -0.25) is 0 Å². The van der Waals surface area contributed by atoms with Crippen molar-refractivity contribution in [2.24, 2.45) is 0 Å². The van der Waals surface area contributed by atoms with Gasteiger partial charge in [0, 0.05) is 36.1 Å². The molecule has 1 fully saturated rings. The lowest BCUT2D eigenvalue weighted by Gasteiger charge is -2.05. The predicted molar refractivity (Wildman–Crippen MR) is 81.6 cm³/mol. The van der Waals surface area contributed by atoms with Crippen molar-refractivity contribution in [2.75, 3.05) is 7.05 Å². The van der Waals surface area contributed by atoms with Crippen molar-refractivity contribution in [2.45, 2.75) is 36.9 Å². The zero-order chi connectivity index (χ0) is 14.9. The average molecular weight is 326 g/mol. The Kier molecular flexibility index (Phi) is 4.12. The highest BCUT2D eigenvalue weighted by atomic mass is 32.2. The molecule has 6 nitrogen and oxygen atoms in total. The van der Waals surface area contributed by atoms with Gasteiger partial charge in [0.25, 0.3) is 0 Å². The van der Waals surface area contributed by atoms with E-state index in [0.717, 1.165) is 23.5 Å². The molecule has 0 aromatic carbocycles. The second kappa shape index (κ2) is 5.88. The van der Waals surface area contributed by atoms with Crippen LogP contribution in [0.25, 0.3) is 0 Å². The van der Waals surface area contributed by atoms with Crippen LogP contribution in [0.4, 0.5) is 0 Å². The number of nitrogens with zero attached hydrogens (tertiary/aromatic N) is 2. The van der Waals surface area contributed by atoms with Gasteiger partial charge in [-0.15, -0.1) is 11.3 Å². The molecule has 0 unspecified atom stereocenters. The van der Waals surface area contributed by atoms with Gasteiger partial charge < -0.3 is 9.88 Å². The molecule has 21 heavy (non-hydrogen) atoms. The Hall–Kier alpha value is -1.22. The molecule has 0 bridgehead atoms. The molecule has 2 N–H and O–H groups in total. The van der Waals surface area contributed by atoms with Gasteiger partial charge in [-0.05, 0) is 26.0 Å². The molecule has 114 valence electrons. The standard InChI is InChI=1S/C13H18N4O2S2/c1-14-7-11-6-12(9-17(11)10-2-3-10)21(18,19)16-8-13-15-4-5-20-13/h4-6,9-10,14,16H,2-3,7-8H2,1H3. The highest BCUT2D eigenvalue weighted by Gasteiger charge is 2.28. The molecular formula is C13H18N4O2S2. The van der Waals surface area contributed by atoms with Crippen LogP contribution >= 0.6 is 11.3 Å². The van der Waals surface area contributed by atoms with Crippen molar-refractivity contribution >= 4 is 21.4 Å². The second-order valence-corrected chi connectivity index (χ2v) is 7.83. The molecule has 3 rings (SSSR count). The highest BCUT2D eigenvalue weighted by Crippen LogP contribution is 2.37. The van der Waals surface area contributed by atoms with Crippen molar-refractivity contribution in [1.82, 2.24) is 19.6 Å². The van der Waals surface area contributed by atoms with Crippen LogP contribution in [0.3, 0.4) is 0 Å². The topological polar surface area (TPSA) is 76.0 Å². The van der Waals surface area contributed by atoms with E-state index < -0.39 is 10.0 Å². The number of sulfonamides is 1. The van der Waals surface area contributed by atoms with E-state index in [1.165, 1.54) is 11.3 Å². The number of thiazole rings is 1. The summed E-state index contributed by atoms with van der Waals surface area (Å²) in [4.78, 5) is 4.41. The lowest BCUT2D eigenvalue weighted by Crippen LogP contribution is -2.22. The minimum absolute atomic E-state index is 0.232.